The quantitative estimate of drug-likeness (QED) is 0.715. The van der Waals surface area contributed by atoms with Crippen molar-refractivity contribution in [3.8, 4) is 0 Å². The molecule has 1 unspecified atom stereocenters. The van der Waals surface area contributed by atoms with Gasteiger partial charge in [-0.15, -0.1) is 0 Å². The van der Waals surface area contributed by atoms with E-state index in [1.807, 2.05) is 6.92 Å². The lowest BCUT2D eigenvalue weighted by atomic mass is 9.83. The van der Waals surface area contributed by atoms with Crippen LogP contribution in [0, 0.1) is 5.41 Å². The molecule has 1 amide bonds. The maximum atomic E-state index is 11.4. The lowest BCUT2D eigenvalue weighted by Gasteiger charge is -2.24. The van der Waals surface area contributed by atoms with E-state index < -0.39 is 11.4 Å². The van der Waals surface area contributed by atoms with Crippen LogP contribution in [0.25, 0.3) is 0 Å². The van der Waals surface area contributed by atoms with E-state index in [-0.39, 0.29) is 5.91 Å². The first-order valence-electron chi connectivity index (χ1n) is 6.70. The molecule has 1 saturated heterocycles. The Morgan fingerprint density at radius 1 is 1.44 bits per heavy atom. The Kier molecular flexibility index (Phi) is 5.59. The van der Waals surface area contributed by atoms with Crippen LogP contribution in [0.2, 0.25) is 0 Å². The summed E-state index contributed by atoms with van der Waals surface area (Å²) in [6.45, 7) is 4.30. The standard InChI is InChI=1S/C13H24N2O3/c1-3-6-13(12(17)18)7-9-15(10-13)8-4-5-11(16)14-2/h3-10H2,1-2H3,(H,14,16)(H,17,18). The Hall–Kier alpha value is -1.10. The zero-order valence-electron chi connectivity index (χ0n) is 11.4. The van der Waals surface area contributed by atoms with Crippen LogP contribution >= 0.6 is 0 Å². The van der Waals surface area contributed by atoms with Crippen molar-refractivity contribution in [1.82, 2.24) is 10.2 Å². The normalized spacial score (nSPS) is 24.1. The second-order valence-electron chi connectivity index (χ2n) is 5.14. The van der Waals surface area contributed by atoms with E-state index in [4.69, 9.17) is 0 Å². The van der Waals surface area contributed by atoms with Gasteiger partial charge in [-0.05, 0) is 32.4 Å². The van der Waals surface area contributed by atoms with E-state index in [9.17, 15) is 14.7 Å². The van der Waals surface area contributed by atoms with Gasteiger partial charge in [-0.3, -0.25) is 9.59 Å². The molecule has 18 heavy (non-hydrogen) atoms. The molecule has 0 bridgehead atoms. The number of hydrogen-bond acceptors (Lipinski definition) is 3. The van der Waals surface area contributed by atoms with Crippen LogP contribution in [0.15, 0.2) is 0 Å². The molecular weight excluding hydrogens is 232 g/mol. The van der Waals surface area contributed by atoms with Gasteiger partial charge in [0, 0.05) is 20.0 Å². The summed E-state index contributed by atoms with van der Waals surface area (Å²) in [6.07, 6.45) is 3.69. The lowest BCUT2D eigenvalue weighted by molar-refractivity contribution is -0.148. The van der Waals surface area contributed by atoms with Crippen molar-refractivity contribution in [2.75, 3.05) is 26.7 Å². The smallest absolute Gasteiger partial charge is 0.310 e. The number of nitrogens with one attached hydrogen (secondary N) is 1. The van der Waals surface area contributed by atoms with Gasteiger partial charge in [-0.25, -0.2) is 0 Å². The molecule has 0 aromatic rings. The first-order valence-corrected chi connectivity index (χ1v) is 6.70. The van der Waals surface area contributed by atoms with Crippen LogP contribution in [0.5, 0.6) is 0 Å². The highest BCUT2D eigenvalue weighted by atomic mass is 16.4. The third-order valence-corrected chi connectivity index (χ3v) is 3.77. The van der Waals surface area contributed by atoms with Gasteiger partial charge in [-0.2, -0.15) is 0 Å². The molecule has 104 valence electrons. The minimum atomic E-state index is -0.668. The number of amides is 1. The van der Waals surface area contributed by atoms with Gasteiger partial charge in [-0.1, -0.05) is 13.3 Å². The molecule has 0 aromatic heterocycles. The molecule has 1 fully saturated rings. The van der Waals surface area contributed by atoms with Crippen molar-refractivity contribution in [1.29, 1.82) is 0 Å². The summed E-state index contributed by atoms with van der Waals surface area (Å²) in [5, 5.41) is 12.0. The summed E-state index contributed by atoms with van der Waals surface area (Å²) < 4.78 is 0. The monoisotopic (exact) mass is 256 g/mol. The molecule has 5 nitrogen and oxygen atoms in total. The summed E-state index contributed by atoms with van der Waals surface area (Å²) in [7, 11) is 1.63. The van der Waals surface area contributed by atoms with Gasteiger partial charge < -0.3 is 15.3 Å². The number of aliphatic carboxylic acids is 1. The molecule has 0 aromatic carbocycles. The number of hydrogen-bond donors (Lipinski definition) is 2. The zero-order chi connectivity index (χ0) is 13.6. The van der Waals surface area contributed by atoms with E-state index in [0.717, 1.165) is 38.8 Å². The molecule has 1 atom stereocenters. The van der Waals surface area contributed by atoms with Crippen LogP contribution in [0.1, 0.15) is 39.0 Å². The Labute approximate surface area is 109 Å². The highest BCUT2D eigenvalue weighted by Gasteiger charge is 2.43. The molecule has 0 spiro atoms. The SMILES string of the molecule is CCCC1(C(=O)O)CCN(CCCC(=O)NC)C1. The number of likely N-dealkylation sites (tertiary alicyclic amines) is 1. The molecule has 0 aliphatic carbocycles. The second kappa shape index (κ2) is 6.73. The van der Waals surface area contributed by atoms with Gasteiger partial charge in [0.25, 0.3) is 0 Å². The predicted molar refractivity (Wildman–Crippen MR) is 69.3 cm³/mol. The predicted octanol–water partition coefficient (Wildman–Crippen LogP) is 1.09. The van der Waals surface area contributed by atoms with Crippen LogP contribution in [-0.2, 0) is 9.59 Å². The van der Waals surface area contributed by atoms with Crippen molar-refractivity contribution in [2.24, 2.45) is 5.41 Å². The fourth-order valence-electron chi connectivity index (χ4n) is 2.70. The van der Waals surface area contributed by atoms with Crippen molar-refractivity contribution in [2.45, 2.75) is 39.0 Å². The number of carbonyl (C=O) groups excluding carboxylic acids is 1. The van der Waals surface area contributed by atoms with Gasteiger partial charge >= 0.3 is 5.97 Å². The fraction of sp³-hybridized carbons (Fsp3) is 0.846. The molecule has 2 N–H and O–H groups in total. The largest absolute Gasteiger partial charge is 0.481 e. The molecule has 1 aliphatic heterocycles. The number of carboxylic acid groups (broad SMARTS) is 1. The third-order valence-electron chi connectivity index (χ3n) is 3.77. The molecule has 5 heteroatoms. The van der Waals surface area contributed by atoms with Gasteiger partial charge in [0.2, 0.25) is 5.91 Å². The Balaban J connectivity index is 2.39. The summed E-state index contributed by atoms with van der Waals surface area (Å²) in [4.78, 5) is 24.7. The highest BCUT2D eigenvalue weighted by molar-refractivity contribution is 5.76. The Bertz CT molecular complexity index is 307. The molecule has 0 radical (unpaired) electrons. The number of rotatable bonds is 7. The molecule has 1 aliphatic rings. The van der Waals surface area contributed by atoms with E-state index >= 15 is 0 Å². The summed E-state index contributed by atoms with van der Waals surface area (Å²) in [5.41, 5.74) is -0.554. The maximum Gasteiger partial charge on any atom is 0.310 e. The van der Waals surface area contributed by atoms with Gasteiger partial charge in [0.15, 0.2) is 0 Å². The van der Waals surface area contributed by atoms with E-state index in [2.05, 4.69) is 10.2 Å². The molecular formula is C13H24N2O3. The Morgan fingerprint density at radius 2 is 2.17 bits per heavy atom. The number of carboxylic acids is 1. The first kappa shape index (κ1) is 15.0. The van der Waals surface area contributed by atoms with Gasteiger partial charge in [0.05, 0.1) is 5.41 Å². The van der Waals surface area contributed by atoms with Crippen molar-refractivity contribution in [3.63, 3.8) is 0 Å². The fourth-order valence-corrected chi connectivity index (χ4v) is 2.70. The average molecular weight is 256 g/mol. The minimum Gasteiger partial charge on any atom is -0.481 e. The van der Waals surface area contributed by atoms with E-state index in [1.165, 1.54) is 0 Å². The first-order chi connectivity index (χ1) is 8.54. The van der Waals surface area contributed by atoms with Crippen LogP contribution in [-0.4, -0.2) is 48.6 Å². The maximum absolute atomic E-state index is 11.4. The van der Waals surface area contributed by atoms with Crippen molar-refractivity contribution < 1.29 is 14.7 Å². The van der Waals surface area contributed by atoms with Crippen molar-refractivity contribution in [3.05, 3.63) is 0 Å². The number of nitrogens with zero attached hydrogens (tertiary/aromatic N) is 1. The van der Waals surface area contributed by atoms with Crippen LogP contribution < -0.4 is 5.32 Å². The van der Waals surface area contributed by atoms with Crippen molar-refractivity contribution >= 4 is 11.9 Å². The van der Waals surface area contributed by atoms with Crippen LogP contribution in [0.3, 0.4) is 0 Å². The van der Waals surface area contributed by atoms with E-state index in [0.29, 0.717) is 13.0 Å². The zero-order valence-corrected chi connectivity index (χ0v) is 11.4. The summed E-state index contributed by atoms with van der Waals surface area (Å²) >= 11 is 0. The van der Waals surface area contributed by atoms with Gasteiger partial charge in [0.1, 0.15) is 0 Å². The lowest BCUT2D eigenvalue weighted by Crippen LogP contribution is -2.35. The topological polar surface area (TPSA) is 69.6 Å². The second-order valence-corrected chi connectivity index (χ2v) is 5.14. The average Bonchev–Trinajstić information content (AvgIpc) is 2.74. The Morgan fingerprint density at radius 3 is 2.72 bits per heavy atom. The summed E-state index contributed by atoms with van der Waals surface area (Å²) in [5.74, 6) is -0.620. The van der Waals surface area contributed by atoms with Crippen LogP contribution in [0.4, 0.5) is 0 Å². The molecule has 0 saturated carbocycles. The number of carbonyl (C=O) groups is 2. The summed E-state index contributed by atoms with van der Waals surface area (Å²) in [6, 6.07) is 0. The third kappa shape index (κ3) is 3.70. The molecule has 1 rings (SSSR count). The highest BCUT2D eigenvalue weighted by Crippen LogP contribution is 2.35. The minimum absolute atomic E-state index is 0.0484. The van der Waals surface area contributed by atoms with E-state index in [1.54, 1.807) is 7.05 Å². The molecule has 1 heterocycles.